The maximum atomic E-state index is 11.9. The van der Waals surface area contributed by atoms with Crippen LogP contribution < -0.4 is 5.73 Å². The SMILES string of the molecule is CCCS(=O)(=O)c1cnc(-c2cnccn2)nc1N. The van der Waals surface area contributed by atoms with E-state index in [-0.39, 0.29) is 22.3 Å². The summed E-state index contributed by atoms with van der Waals surface area (Å²) in [7, 11) is -3.43. The quantitative estimate of drug-likeness (QED) is 0.876. The van der Waals surface area contributed by atoms with E-state index in [1.54, 1.807) is 6.92 Å². The number of sulfone groups is 1. The lowest BCUT2D eigenvalue weighted by molar-refractivity contribution is 0.594. The van der Waals surface area contributed by atoms with Gasteiger partial charge in [-0.15, -0.1) is 0 Å². The summed E-state index contributed by atoms with van der Waals surface area (Å²) in [6.07, 6.45) is 6.23. The molecule has 0 aliphatic carbocycles. The van der Waals surface area contributed by atoms with Gasteiger partial charge >= 0.3 is 0 Å². The third-order valence-corrected chi connectivity index (χ3v) is 4.31. The maximum absolute atomic E-state index is 11.9. The maximum Gasteiger partial charge on any atom is 0.183 e. The van der Waals surface area contributed by atoms with Crippen LogP contribution in [-0.4, -0.2) is 34.1 Å². The van der Waals surface area contributed by atoms with Crippen molar-refractivity contribution >= 4 is 15.7 Å². The van der Waals surface area contributed by atoms with E-state index in [1.165, 1.54) is 24.8 Å². The van der Waals surface area contributed by atoms with Crippen LogP contribution in [0.25, 0.3) is 11.5 Å². The van der Waals surface area contributed by atoms with E-state index >= 15 is 0 Å². The molecule has 0 aromatic carbocycles. The van der Waals surface area contributed by atoms with Crippen LogP contribution in [0.2, 0.25) is 0 Å². The zero-order valence-electron chi connectivity index (χ0n) is 10.3. The van der Waals surface area contributed by atoms with Crippen molar-refractivity contribution in [1.82, 2.24) is 19.9 Å². The van der Waals surface area contributed by atoms with Gasteiger partial charge in [-0.2, -0.15) is 0 Å². The zero-order chi connectivity index (χ0) is 13.9. The highest BCUT2D eigenvalue weighted by Crippen LogP contribution is 2.20. The molecule has 0 atom stereocenters. The lowest BCUT2D eigenvalue weighted by Gasteiger charge is -2.06. The Kier molecular flexibility index (Phi) is 3.70. The molecule has 19 heavy (non-hydrogen) atoms. The van der Waals surface area contributed by atoms with Crippen molar-refractivity contribution < 1.29 is 8.42 Å². The van der Waals surface area contributed by atoms with Crippen LogP contribution in [0, 0.1) is 0 Å². The van der Waals surface area contributed by atoms with Crippen molar-refractivity contribution in [1.29, 1.82) is 0 Å². The van der Waals surface area contributed by atoms with Gasteiger partial charge in [0.25, 0.3) is 0 Å². The Morgan fingerprint density at radius 1 is 1.21 bits per heavy atom. The molecule has 0 unspecified atom stereocenters. The third-order valence-electron chi connectivity index (χ3n) is 2.38. The molecule has 0 amide bonds. The van der Waals surface area contributed by atoms with Crippen molar-refractivity contribution in [2.24, 2.45) is 0 Å². The molecule has 0 aliphatic heterocycles. The third kappa shape index (κ3) is 2.84. The minimum absolute atomic E-state index is 0.0189. The lowest BCUT2D eigenvalue weighted by Crippen LogP contribution is -2.11. The summed E-state index contributed by atoms with van der Waals surface area (Å²) in [5, 5.41) is 0. The molecular formula is C11H13N5O2S. The summed E-state index contributed by atoms with van der Waals surface area (Å²) in [5.41, 5.74) is 6.14. The van der Waals surface area contributed by atoms with E-state index in [0.717, 1.165) is 0 Å². The second-order valence-corrected chi connectivity index (χ2v) is 5.93. The summed E-state index contributed by atoms with van der Waals surface area (Å²) >= 11 is 0. The number of nitrogens with two attached hydrogens (primary N) is 1. The van der Waals surface area contributed by atoms with Crippen LogP contribution in [0.15, 0.2) is 29.7 Å². The van der Waals surface area contributed by atoms with Crippen LogP contribution in [0.1, 0.15) is 13.3 Å². The van der Waals surface area contributed by atoms with Crippen LogP contribution in [-0.2, 0) is 9.84 Å². The second-order valence-electron chi connectivity index (χ2n) is 3.85. The van der Waals surface area contributed by atoms with Crippen molar-refractivity contribution in [2.75, 3.05) is 11.5 Å². The van der Waals surface area contributed by atoms with Gasteiger partial charge in [0.1, 0.15) is 16.4 Å². The van der Waals surface area contributed by atoms with E-state index in [4.69, 9.17) is 5.73 Å². The topological polar surface area (TPSA) is 112 Å². The largest absolute Gasteiger partial charge is 0.382 e. The number of hydrogen-bond acceptors (Lipinski definition) is 7. The average Bonchev–Trinajstić information content (AvgIpc) is 2.39. The summed E-state index contributed by atoms with van der Waals surface area (Å²) in [6, 6.07) is 0. The number of rotatable bonds is 4. The van der Waals surface area contributed by atoms with Crippen LogP contribution >= 0.6 is 0 Å². The fourth-order valence-electron chi connectivity index (χ4n) is 1.54. The van der Waals surface area contributed by atoms with Gasteiger partial charge < -0.3 is 5.73 Å². The zero-order valence-corrected chi connectivity index (χ0v) is 11.1. The van der Waals surface area contributed by atoms with Crippen molar-refractivity contribution in [3.8, 4) is 11.5 Å². The number of aromatic nitrogens is 4. The highest BCUT2D eigenvalue weighted by atomic mass is 32.2. The molecular weight excluding hydrogens is 266 g/mol. The molecule has 8 heteroatoms. The van der Waals surface area contributed by atoms with Crippen molar-refractivity contribution in [2.45, 2.75) is 18.2 Å². The first-order chi connectivity index (χ1) is 9.04. The van der Waals surface area contributed by atoms with E-state index in [2.05, 4.69) is 19.9 Å². The number of anilines is 1. The minimum Gasteiger partial charge on any atom is -0.382 e. The number of hydrogen-bond donors (Lipinski definition) is 1. The normalized spacial score (nSPS) is 11.4. The fraction of sp³-hybridized carbons (Fsp3) is 0.273. The number of nitrogen functional groups attached to an aromatic ring is 1. The smallest absolute Gasteiger partial charge is 0.183 e. The lowest BCUT2D eigenvalue weighted by atomic mass is 10.4. The molecule has 2 aromatic rings. The van der Waals surface area contributed by atoms with Crippen molar-refractivity contribution in [3.63, 3.8) is 0 Å². The van der Waals surface area contributed by atoms with Gasteiger partial charge in [-0.05, 0) is 6.42 Å². The molecule has 2 aromatic heterocycles. The summed E-state index contributed by atoms with van der Waals surface area (Å²) in [4.78, 5) is 15.8. The predicted octanol–water partition coefficient (Wildman–Crippen LogP) is 0.699. The molecule has 0 radical (unpaired) electrons. The molecule has 0 saturated heterocycles. The van der Waals surface area contributed by atoms with E-state index in [1.807, 2.05) is 0 Å². The molecule has 2 heterocycles. The molecule has 100 valence electrons. The van der Waals surface area contributed by atoms with Gasteiger partial charge in [0.2, 0.25) is 0 Å². The molecule has 0 spiro atoms. The highest BCUT2D eigenvalue weighted by molar-refractivity contribution is 7.91. The average molecular weight is 279 g/mol. The Morgan fingerprint density at radius 2 is 2.00 bits per heavy atom. The van der Waals surface area contributed by atoms with Gasteiger partial charge in [-0.25, -0.2) is 23.4 Å². The minimum atomic E-state index is -3.43. The first-order valence-corrected chi connectivity index (χ1v) is 7.31. The predicted molar refractivity (Wildman–Crippen MR) is 69.8 cm³/mol. The Morgan fingerprint density at radius 3 is 2.58 bits per heavy atom. The van der Waals surface area contributed by atoms with Crippen LogP contribution in [0.4, 0.5) is 5.82 Å². The number of nitrogens with zero attached hydrogens (tertiary/aromatic N) is 4. The van der Waals surface area contributed by atoms with E-state index in [9.17, 15) is 8.42 Å². The Balaban J connectivity index is 2.44. The van der Waals surface area contributed by atoms with Crippen molar-refractivity contribution in [3.05, 3.63) is 24.8 Å². The molecule has 0 bridgehead atoms. The van der Waals surface area contributed by atoms with Crippen LogP contribution in [0.3, 0.4) is 0 Å². The summed E-state index contributed by atoms with van der Waals surface area (Å²) < 4.78 is 23.8. The molecule has 2 N–H and O–H groups in total. The molecule has 0 aliphatic rings. The van der Waals surface area contributed by atoms with E-state index < -0.39 is 9.84 Å². The first-order valence-electron chi connectivity index (χ1n) is 5.66. The second kappa shape index (κ2) is 5.27. The Hall–Kier alpha value is -2.09. The first kappa shape index (κ1) is 13.3. The standard InChI is InChI=1S/C11H13N5O2S/c1-2-5-19(17,18)9-7-15-11(16-10(9)12)8-6-13-3-4-14-8/h3-4,6-7H,2,5H2,1H3,(H2,12,15,16). The van der Waals surface area contributed by atoms with Gasteiger partial charge in [0.15, 0.2) is 15.7 Å². The van der Waals surface area contributed by atoms with Gasteiger partial charge in [0, 0.05) is 12.4 Å². The molecule has 0 fully saturated rings. The molecule has 0 saturated carbocycles. The van der Waals surface area contributed by atoms with Gasteiger partial charge in [-0.3, -0.25) is 4.98 Å². The van der Waals surface area contributed by atoms with Gasteiger partial charge in [-0.1, -0.05) is 6.92 Å². The Labute approximate surface area is 110 Å². The summed E-state index contributed by atoms with van der Waals surface area (Å²) in [5.74, 6) is 0.204. The molecule has 2 rings (SSSR count). The highest BCUT2D eigenvalue weighted by Gasteiger charge is 2.19. The monoisotopic (exact) mass is 279 g/mol. The van der Waals surface area contributed by atoms with Crippen LogP contribution in [0.5, 0.6) is 0 Å². The molecule has 7 nitrogen and oxygen atoms in total. The van der Waals surface area contributed by atoms with E-state index in [0.29, 0.717) is 12.1 Å². The fourth-order valence-corrected chi connectivity index (χ4v) is 2.88. The summed E-state index contributed by atoms with van der Waals surface area (Å²) in [6.45, 7) is 1.78. The Bertz CT molecular complexity index is 673. The van der Waals surface area contributed by atoms with Gasteiger partial charge in [0.05, 0.1) is 18.1 Å².